The van der Waals surface area contributed by atoms with Crippen molar-refractivity contribution in [3.63, 3.8) is 0 Å². The number of nitro benzene ring substituents is 1. The molecule has 3 rings (SSSR count). The van der Waals surface area contributed by atoms with Gasteiger partial charge < -0.3 is 15.2 Å². The van der Waals surface area contributed by atoms with E-state index >= 15 is 0 Å². The third-order valence-electron chi connectivity index (χ3n) is 4.51. The first kappa shape index (κ1) is 21.1. The normalized spacial score (nSPS) is 14.7. The molecule has 1 aromatic heterocycles. The van der Waals surface area contributed by atoms with E-state index in [-0.39, 0.29) is 24.0 Å². The number of piperidine rings is 1. The Morgan fingerprint density at radius 1 is 1.41 bits per heavy atom. The summed E-state index contributed by atoms with van der Waals surface area (Å²) < 4.78 is 1.68. The summed E-state index contributed by atoms with van der Waals surface area (Å²) in [4.78, 5) is 25.9. The molecule has 2 heterocycles. The fourth-order valence-corrected chi connectivity index (χ4v) is 3.75. The molecule has 0 radical (unpaired) electrons. The lowest BCUT2D eigenvalue weighted by Crippen LogP contribution is -2.40. The lowest BCUT2D eigenvalue weighted by atomic mass is 9.96. The summed E-state index contributed by atoms with van der Waals surface area (Å²) in [6.07, 6.45) is 3.26. The van der Waals surface area contributed by atoms with Crippen molar-refractivity contribution < 1.29 is 9.72 Å². The highest BCUT2D eigenvalue weighted by atomic mass is 35.5. The van der Waals surface area contributed by atoms with E-state index in [0.717, 1.165) is 24.6 Å². The second-order valence-electron chi connectivity index (χ2n) is 6.24. The van der Waals surface area contributed by atoms with E-state index in [0.29, 0.717) is 41.2 Å². The van der Waals surface area contributed by atoms with E-state index in [1.807, 2.05) is 0 Å². The number of nitro groups is 1. The van der Waals surface area contributed by atoms with Crippen molar-refractivity contribution in [2.45, 2.75) is 22.9 Å². The van der Waals surface area contributed by atoms with Crippen molar-refractivity contribution in [1.29, 1.82) is 0 Å². The number of rotatable bonds is 5. The first-order valence-electron chi connectivity index (χ1n) is 8.29. The molecule has 1 aliphatic rings. The number of benzene rings is 1. The van der Waals surface area contributed by atoms with E-state index in [9.17, 15) is 14.9 Å². The van der Waals surface area contributed by atoms with Crippen LogP contribution in [0.5, 0.6) is 0 Å². The molecule has 27 heavy (non-hydrogen) atoms. The molecule has 9 nitrogen and oxygen atoms in total. The Morgan fingerprint density at radius 3 is 2.67 bits per heavy atom. The maximum absolute atomic E-state index is 12.7. The molecule has 1 amide bonds. The predicted octanol–water partition coefficient (Wildman–Crippen LogP) is 2.11. The monoisotopic (exact) mass is 412 g/mol. The maximum Gasteiger partial charge on any atom is 0.284 e. The van der Waals surface area contributed by atoms with Crippen LogP contribution < -0.4 is 5.73 Å². The lowest BCUT2D eigenvalue weighted by molar-refractivity contribution is -0.387. The van der Waals surface area contributed by atoms with Crippen LogP contribution >= 0.6 is 24.2 Å². The van der Waals surface area contributed by atoms with Gasteiger partial charge in [-0.3, -0.25) is 14.9 Å². The summed E-state index contributed by atoms with van der Waals surface area (Å²) in [5, 5.41) is 19.7. The highest BCUT2D eigenvalue weighted by Crippen LogP contribution is 2.34. The minimum absolute atomic E-state index is 0. The first-order chi connectivity index (χ1) is 12.5. The van der Waals surface area contributed by atoms with E-state index in [1.165, 1.54) is 12.4 Å². The Morgan fingerprint density at radius 2 is 2.11 bits per heavy atom. The molecule has 2 aromatic rings. The second kappa shape index (κ2) is 9.16. The Hall–Kier alpha value is -2.17. The van der Waals surface area contributed by atoms with Gasteiger partial charge in [0.25, 0.3) is 11.6 Å². The van der Waals surface area contributed by atoms with E-state index in [2.05, 4.69) is 10.2 Å². The van der Waals surface area contributed by atoms with E-state index < -0.39 is 4.92 Å². The lowest BCUT2D eigenvalue weighted by Gasteiger charge is -2.31. The Kier molecular flexibility index (Phi) is 7.17. The standard InChI is InChI=1S/C16H20N6O3S.ClH/c1-20-10-18-19-16(20)26-14-3-2-12(8-13(14)22(24)25)15(23)21-6-4-11(9-17)5-7-21;/h2-3,8,10-11H,4-7,9,17H2,1H3;1H. The largest absolute Gasteiger partial charge is 0.339 e. The number of carbonyl (C=O) groups excluding carboxylic acids is 1. The smallest absolute Gasteiger partial charge is 0.284 e. The van der Waals surface area contributed by atoms with Crippen LogP contribution in [0.1, 0.15) is 23.2 Å². The third kappa shape index (κ3) is 4.76. The van der Waals surface area contributed by atoms with Gasteiger partial charge in [0, 0.05) is 31.8 Å². The number of hydrogen-bond acceptors (Lipinski definition) is 7. The van der Waals surface area contributed by atoms with Crippen LogP contribution in [0.3, 0.4) is 0 Å². The maximum atomic E-state index is 12.7. The van der Waals surface area contributed by atoms with Gasteiger partial charge in [-0.1, -0.05) is 0 Å². The highest BCUT2D eigenvalue weighted by molar-refractivity contribution is 7.99. The summed E-state index contributed by atoms with van der Waals surface area (Å²) in [5.41, 5.74) is 5.89. The van der Waals surface area contributed by atoms with Crippen LogP contribution in [0.4, 0.5) is 5.69 Å². The minimum atomic E-state index is -0.476. The first-order valence-corrected chi connectivity index (χ1v) is 9.11. The van der Waals surface area contributed by atoms with Crippen LogP contribution in [-0.2, 0) is 7.05 Å². The zero-order valence-electron chi connectivity index (χ0n) is 14.8. The zero-order chi connectivity index (χ0) is 18.7. The molecule has 0 atom stereocenters. The summed E-state index contributed by atoms with van der Waals surface area (Å²) in [6, 6.07) is 4.57. The topological polar surface area (TPSA) is 120 Å². The molecular formula is C16H21ClN6O3S. The van der Waals surface area contributed by atoms with E-state index in [1.54, 1.807) is 28.6 Å². The quantitative estimate of drug-likeness (QED) is 0.589. The minimum Gasteiger partial charge on any atom is -0.339 e. The molecule has 0 unspecified atom stereocenters. The second-order valence-corrected chi connectivity index (χ2v) is 7.25. The van der Waals surface area contributed by atoms with Crippen molar-refractivity contribution in [2.24, 2.45) is 18.7 Å². The van der Waals surface area contributed by atoms with Crippen LogP contribution in [-0.4, -0.2) is 50.1 Å². The summed E-state index contributed by atoms with van der Waals surface area (Å²) in [6.45, 7) is 1.88. The summed E-state index contributed by atoms with van der Waals surface area (Å²) >= 11 is 1.14. The molecule has 0 saturated carbocycles. The Bertz CT molecular complexity index is 822. The highest BCUT2D eigenvalue weighted by Gasteiger charge is 2.25. The van der Waals surface area contributed by atoms with Gasteiger partial charge in [-0.2, -0.15) is 0 Å². The Balaban J connectivity index is 0.00000261. The number of halogens is 1. The van der Waals surface area contributed by atoms with Gasteiger partial charge >= 0.3 is 0 Å². The molecule has 146 valence electrons. The molecule has 0 bridgehead atoms. The van der Waals surface area contributed by atoms with Gasteiger partial charge in [0.2, 0.25) is 0 Å². The SMILES string of the molecule is Cl.Cn1cnnc1Sc1ccc(C(=O)N2CCC(CN)CC2)cc1[N+](=O)[O-]. The average Bonchev–Trinajstić information content (AvgIpc) is 3.06. The summed E-state index contributed by atoms with van der Waals surface area (Å²) in [5.74, 6) is 0.261. The number of aryl methyl sites for hydroxylation is 1. The number of carbonyl (C=O) groups is 1. The predicted molar refractivity (Wildman–Crippen MR) is 103 cm³/mol. The van der Waals surface area contributed by atoms with Crippen molar-refractivity contribution >= 4 is 35.8 Å². The van der Waals surface area contributed by atoms with Crippen LogP contribution in [0.15, 0.2) is 34.6 Å². The van der Waals surface area contributed by atoms with Crippen LogP contribution in [0, 0.1) is 16.0 Å². The zero-order valence-corrected chi connectivity index (χ0v) is 16.4. The molecule has 0 aliphatic carbocycles. The molecule has 1 fully saturated rings. The van der Waals surface area contributed by atoms with Gasteiger partial charge in [-0.15, -0.1) is 22.6 Å². The van der Waals surface area contributed by atoms with Gasteiger partial charge in [0.15, 0.2) is 5.16 Å². The molecule has 2 N–H and O–H groups in total. The molecule has 1 saturated heterocycles. The van der Waals surface area contributed by atoms with Crippen molar-refractivity contribution in [3.8, 4) is 0 Å². The fourth-order valence-electron chi connectivity index (χ4n) is 2.90. The number of nitrogens with two attached hydrogens (primary N) is 1. The number of likely N-dealkylation sites (tertiary alicyclic amines) is 1. The van der Waals surface area contributed by atoms with Crippen molar-refractivity contribution in [1.82, 2.24) is 19.7 Å². The fraction of sp³-hybridized carbons (Fsp3) is 0.438. The van der Waals surface area contributed by atoms with Gasteiger partial charge in [-0.25, -0.2) is 0 Å². The Labute approximate surface area is 166 Å². The summed E-state index contributed by atoms with van der Waals surface area (Å²) in [7, 11) is 1.76. The number of hydrogen-bond donors (Lipinski definition) is 1. The van der Waals surface area contributed by atoms with Crippen LogP contribution in [0.25, 0.3) is 0 Å². The third-order valence-corrected chi connectivity index (χ3v) is 5.63. The number of aromatic nitrogens is 3. The van der Waals surface area contributed by atoms with Crippen molar-refractivity contribution in [2.75, 3.05) is 19.6 Å². The van der Waals surface area contributed by atoms with Gasteiger partial charge in [-0.05, 0) is 49.2 Å². The molecular weight excluding hydrogens is 392 g/mol. The number of nitrogens with zero attached hydrogens (tertiary/aromatic N) is 5. The van der Waals surface area contributed by atoms with Gasteiger partial charge in [0.1, 0.15) is 6.33 Å². The molecule has 11 heteroatoms. The van der Waals surface area contributed by atoms with Crippen LogP contribution in [0.2, 0.25) is 0 Å². The average molecular weight is 413 g/mol. The molecule has 0 spiro atoms. The van der Waals surface area contributed by atoms with Crippen molar-refractivity contribution in [3.05, 3.63) is 40.2 Å². The molecule has 1 aliphatic heterocycles. The van der Waals surface area contributed by atoms with E-state index in [4.69, 9.17) is 5.73 Å². The number of amides is 1. The molecule has 1 aromatic carbocycles. The van der Waals surface area contributed by atoms with Gasteiger partial charge in [0.05, 0.1) is 9.82 Å².